The maximum Gasteiger partial charge on any atom is 0.317 e. The molecule has 0 spiro atoms. The van der Waals surface area contributed by atoms with E-state index in [0.29, 0.717) is 12.0 Å². The molecule has 5 N–H and O–H groups in total. The van der Waals surface area contributed by atoms with E-state index in [-0.39, 0.29) is 46.0 Å². The fraction of sp³-hybridized carbons (Fsp3) is 0.433. The van der Waals surface area contributed by atoms with Crippen molar-refractivity contribution in [3.05, 3.63) is 59.0 Å². The molecule has 13 nitrogen and oxygen atoms in total. The summed E-state index contributed by atoms with van der Waals surface area (Å²) in [6, 6.07) is 10.4. The number of ether oxygens (including phenoxy) is 4. The molecular weight excluding hydrogens is 568 g/mol. The second kappa shape index (κ2) is 13.5. The van der Waals surface area contributed by atoms with Crippen molar-refractivity contribution in [1.82, 2.24) is 0 Å². The van der Waals surface area contributed by atoms with Crippen LogP contribution in [-0.2, 0) is 23.8 Å². The average molecular weight is 603 g/mol. The van der Waals surface area contributed by atoms with Crippen LogP contribution in [0.25, 0.3) is 22.1 Å². The summed E-state index contributed by atoms with van der Waals surface area (Å²) in [4.78, 5) is 35.8. The van der Waals surface area contributed by atoms with E-state index in [1.807, 2.05) is 13.8 Å². The summed E-state index contributed by atoms with van der Waals surface area (Å²) in [5, 5.41) is 51.0. The Morgan fingerprint density at radius 3 is 2.49 bits per heavy atom. The molecule has 1 saturated heterocycles. The number of aromatic hydroxyl groups is 1. The van der Waals surface area contributed by atoms with Crippen LogP contribution in [0.5, 0.6) is 11.5 Å². The summed E-state index contributed by atoms with van der Waals surface area (Å²) in [6.45, 7) is 2.40. The van der Waals surface area contributed by atoms with Gasteiger partial charge in [0.25, 0.3) is 0 Å². The summed E-state index contributed by atoms with van der Waals surface area (Å²) in [5.41, 5.74) is -1.68. The van der Waals surface area contributed by atoms with Gasteiger partial charge in [0.1, 0.15) is 54.2 Å². The number of phenols is 1. The number of aliphatic hydroxyl groups excluding tert-OH is 2. The zero-order valence-corrected chi connectivity index (χ0v) is 23.5. The number of aliphatic carboxylic acids is 1. The Kier molecular flexibility index (Phi) is 10.0. The number of phenolic OH excluding ortho intramolecular Hbond substituents is 1. The van der Waals surface area contributed by atoms with E-state index < -0.39 is 61.8 Å². The molecule has 1 aliphatic heterocycles. The molecular formula is C30H34O13. The fourth-order valence-corrected chi connectivity index (χ4v) is 4.61. The van der Waals surface area contributed by atoms with Gasteiger partial charge in [-0.3, -0.25) is 14.4 Å². The Hall–Kier alpha value is -4.01. The molecule has 2 heterocycles. The Bertz CT molecular complexity index is 1480. The Morgan fingerprint density at radius 2 is 1.84 bits per heavy atom. The van der Waals surface area contributed by atoms with Crippen LogP contribution in [0.4, 0.5) is 0 Å². The second-order valence-electron chi connectivity index (χ2n) is 10.7. The highest BCUT2D eigenvalue weighted by Crippen LogP contribution is 2.35. The first-order chi connectivity index (χ1) is 20.4. The third-order valence-electron chi connectivity index (χ3n) is 7.04. The number of carbonyl (C=O) groups excluding carboxylic acids is 1. The zero-order chi connectivity index (χ0) is 31.3. The predicted molar refractivity (Wildman–Crippen MR) is 149 cm³/mol. The van der Waals surface area contributed by atoms with Gasteiger partial charge in [0.15, 0.2) is 11.5 Å². The van der Waals surface area contributed by atoms with Crippen molar-refractivity contribution < 1.29 is 58.5 Å². The standard InChI is InChI=1S/C30H34O13/c1-16(2)9-10-39-28-29(43-23(27(37)30(28,38)15-31)14-41-25(35)12-24(33)34)42-19-7-8-20-22(11-19)40-13-21(26(20)36)17-3-5-18(32)6-4-17/h3-8,11,13,16,23,27-29,31-32,37-38H,9-10,12,14-15H2,1-2H3,(H,33,34)/t23-,27-,28-,29-,30+/m0/s1. The van der Waals surface area contributed by atoms with Crippen LogP contribution < -0.4 is 10.2 Å². The van der Waals surface area contributed by atoms with Crippen molar-refractivity contribution in [2.24, 2.45) is 5.92 Å². The number of esters is 1. The van der Waals surface area contributed by atoms with Crippen LogP contribution >= 0.6 is 0 Å². The van der Waals surface area contributed by atoms with Gasteiger partial charge in [-0.15, -0.1) is 0 Å². The predicted octanol–water partition coefficient (Wildman–Crippen LogP) is 1.80. The fourth-order valence-electron chi connectivity index (χ4n) is 4.61. The minimum atomic E-state index is -2.33. The number of hydrogen-bond donors (Lipinski definition) is 5. The third kappa shape index (κ3) is 7.32. The second-order valence-corrected chi connectivity index (χ2v) is 10.7. The summed E-state index contributed by atoms with van der Waals surface area (Å²) in [6.07, 6.45) is -5.21. The Labute approximate surface area is 245 Å². The number of hydrogen-bond acceptors (Lipinski definition) is 12. The summed E-state index contributed by atoms with van der Waals surface area (Å²) < 4.78 is 28.3. The SMILES string of the molecule is CC(C)CCO[C@H]1[C@@H](Oc2ccc3c(=O)c(-c4ccc(O)cc4)coc3c2)O[C@@H](COC(=O)CC(=O)O)[C@H](O)[C@]1(O)CO. The van der Waals surface area contributed by atoms with Gasteiger partial charge in [0.05, 0.1) is 17.6 Å². The number of carbonyl (C=O) groups is 2. The van der Waals surface area contributed by atoms with Gasteiger partial charge >= 0.3 is 11.9 Å². The summed E-state index contributed by atoms with van der Waals surface area (Å²) in [7, 11) is 0. The molecule has 0 amide bonds. The van der Waals surface area contributed by atoms with Crippen molar-refractivity contribution in [2.45, 2.75) is 56.9 Å². The molecule has 5 atom stereocenters. The Balaban J connectivity index is 1.62. The van der Waals surface area contributed by atoms with E-state index in [4.69, 9.17) is 28.5 Å². The first kappa shape index (κ1) is 31.9. The van der Waals surface area contributed by atoms with Gasteiger partial charge in [-0.2, -0.15) is 0 Å². The average Bonchev–Trinajstić information content (AvgIpc) is 2.96. The summed E-state index contributed by atoms with van der Waals surface area (Å²) >= 11 is 0. The van der Waals surface area contributed by atoms with Gasteiger partial charge in [-0.05, 0) is 42.2 Å². The number of rotatable bonds is 12. The van der Waals surface area contributed by atoms with Crippen LogP contribution in [0.15, 0.2) is 57.9 Å². The van der Waals surface area contributed by atoms with E-state index >= 15 is 0 Å². The Morgan fingerprint density at radius 1 is 1.12 bits per heavy atom. The summed E-state index contributed by atoms with van der Waals surface area (Å²) in [5.74, 6) is -2.12. The molecule has 2 aromatic carbocycles. The highest BCUT2D eigenvalue weighted by Gasteiger charge is 2.57. The van der Waals surface area contributed by atoms with Crippen molar-refractivity contribution in [1.29, 1.82) is 0 Å². The van der Waals surface area contributed by atoms with Crippen LogP contribution in [0.1, 0.15) is 26.7 Å². The molecule has 1 fully saturated rings. The van der Waals surface area contributed by atoms with Crippen molar-refractivity contribution >= 4 is 22.9 Å². The normalized spacial score (nSPS) is 23.8. The molecule has 43 heavy (non-hydrogen) atoms. The molecule has 1 aliphatic rings. The smallest absolute Gasteiger partial charge is 0.317 e. The quantitative estimate of drug-likeness (QED) is 0.148. The van der Waals surface area contributed by atoms with E-state index in [0.717, 1.165) is 0 Å². The molecule has 13 heteroatoms. The minimum Gasteiger partial charge on any atom is -0.508 e. The van der Waals surface area contributed by atoms with E-state index in [1.54, 1.807) is 12.1 Å². The molecule has 4 rings (SSSR count). The lowest BCUT2D eigenvalue weighted by molar-refractivity contribution is -0.329. The molecule has 0 aliphatic carbocycles. The maximum atomic E-state index is 13.2. The van der Waals surface area contributed by atoms with Crippen LogP contribution in [0.3, 0.4) is 0 Å². The first-order valence-corrected chi connectivity index (χ1v) is 13.6. The molecule has 0 saturated carbocycles. The maximum absolute atomic E-state index is 13.2. The van der Waals surface area contributed by atoms with Crippen LogP contribution in [-0.4, -0.2) is 87.5 Å². The van der Waals surface area contributed by atoms with E-state index in [1.165, 1.54) is 36.6 Å². The molecule has 232 valence electrons. The number of benzene rings is 2. The lowest BCUT2D eigenvalue weighted by Gasteiger charge is -2.48. The molecule has 0 bridgehead atoms. The number of carboxylic acids is 1. The lowest BCUT2D eigenvalue weighted by Crippen LogP contribution is -2.70. The van der Waals surface area contributed by atoms with Crippen molar-refractivity contribution in [2.75, 3.05) is 19.8 Å². The van der Waals surface area contributed by atoms with Gasteiger partial charge < -0.3 is 48.9 Å². The zero-order valence-electron chi connectivity index (χ0n) is 23.5. The van der Waals surface area contributed by atoms with E-state index in [9.17, 15) is 34.8 Å². The molecule has 0 unspecified atom stereocenters. The molecule has 3 aromatic rings. The number of carboxylic acid groups (broad SMARTS) is 1. The van der Waals surface area contributed by atoms with E-state index in [2.05, 4.69) is 0 Å². The van der Waals surface area contributed by atoms with Crippen LogP contribution in [0.2, 0.25) is 0 Å². The van der Waals surface area contributed by atoms with Crippen molar-refractivity contribution in [3.63, 3.8) is 0 Å². The van der Waals surface area contributed by atoms with Gasteiger partial charge in [-0.1, -0.05) is 26.0 Å². The van der Waals surface area contributed by atoms with Gasteiger partial charge in [0, 0.05) is 12.7 Å². The number of aliphatic hydroxyl groups is 3. The van der Waals surface area contributed by atoms with Crippen molar-refractivity contribution in [3.8, 4) is 22.6 Å². The highest BCUT2D eigenvalue weighted by molar-refractivity contribution is 5.90. The van der Waals surface area contributed by atoms with Gasteiger partial charge in [-0.25, -0.2) is 0 Å². The van der Waals surface area contributed by atoms with Crippen LogP contribution in [0, 0.1) is 5.92 Å². The van der Waals surface area contributed by atoms with Gasteiger partial charge in [0.2, 0.25) is 6.29 Å². The molecule has 1 aromatic heterocycles. The number of fused-ring (bicyclic) bond motifs is 1. The molecule has 0 radical (unpaired) electrons. The minimum absolute atomic E-state index is 0.0495. The lowest BCUT2D eigenvalue weighted by atomic mass is 9.84. The topological polar surface area (TPSA) is 202 Å². The third-order valence-corrected chi connectivity index (χ3v) is 7.04. The monoisotopic (exact) mass is 602 g/mol. The first-order valence-electron chi connectivity index (χ1n) is 13.6. The largest absolute Gasteiger partial charge is 0.508 e. The highest BCUT2D eigenvalue weighted by atomic mass is 16.7.